The molecule has 0 unspecified atom stereocenters. The van der Waals surface area contributed by atoms with E-state index in [-0.39, 0.29) is 11.2 Å². The van der Waals surface area contributed by atoms with E-state index >= 15 is 0 Å². The molecule has 0 fully saturated rings. The van der Waals surface area contributed by atoms with Crippen LogP contribution in [0.1, 0.15) is 22.3 Å². The van der Waals surface area contributed by atoms with Crippen LogP contribution in [0.5, 0.6) is 0 Å². The van der Waals surface area contributed by atoms with Gasteiger partial charge < -0.3 is 4.90 Å². The van der Waals surface area contributed by atoms with Crippen molar-refractivity contribution in [1.29, 1.82) is 0 Å². The number of benzene rings is 2. The van der Waals surface area contributed by atoms with E-state index in [1.807, 2.05) is 36.4 Å². The zero-order valence-electron chi connectivity index (χ0n) is 15.0. The number of anilines is 1. The van der Waals surface area contributed by atoms with Gasteiger partial charge in [-0.3, -0.25) is 14.3 Å². The molecule has 1 aliphatic rings. The molecule has 0 aliphatic carbocycles. The predicted molar refractivity (Wildman–Crippen MR) is 110 cm³/mol. The van der Waals surface area contributed by atoms with Gasteiger partial charge in [0.05, 0.1) is 5.56 Å². The smallest absolute Gasteiger partial charge is 0.329 e. The molecule has 1 aromatic heterocycles. The molecule has 0 bridgehead atoms. The Labute approximate surface area is 165 Å². The number of aromatic nitrogens is 2. The second-order valence-electron chi connectivity index (χ2n) is 6.86. The lowest BCUT2D eigenvalue weighted by atomic mass is 9.99. The van der Waals surface area contributed by atoms with Gasteiger partial charge in [-0.25, -0.2) is 4.79 Å². The molecule has 4 rings (SSSR count). The lowest BCUT2D eigenvalue weighted by Crippen LogP contribution is -2.40. The first-order valence-electron chi connectivity index (χ1n) is 8.91. The Kier molecular flexibility index (Phi) is 4.74. The highest BCUT2D eigenvalue weighted by molar-refractivity contribution is 9.10. The summed E-state index contributed by atoms with van der Waals surface area (Å²) in [6.45, 7) is 1.46. The van der Waals surface area contributed by atoms with E-state index in [9.17, 15) is 9.59 Å². The van der Waals surface area contributed by atoms with E-state index in [1.54, 1.807) is 0 Å². The minimum atomic E-state index is -0.381. The molecule has 5 nitrogen and oxygen atoms in total. The van der Waals surface area contributed by atoms with Gasteiger partial charge in [0.1, 0.15) is 5.82 Å². The number of fused-ring (bicyclic) bond motifs is 1. The van der Waals surface area contributed by atoms with Crippen molar-refractivity contribution in [2.24, 2.45) is 7.05 Å². The number of nitrogens with one attached hydrogen (secondary N) is 1. The minimum absolute atomic E-state index is 0.240. The largest absolute Gasteiger partial charge is 0.353 e. The molecule has 2 heterocycles. The maximum atomic E-state index is 12.9. The van der Waals surface area contributed by atoms with Crippen LogP contribution in [0, 0.1) is 0 Å². The molecule has 3 aromatic rings. The molecule has 2 aromatic carbocycles. The van der Waals surface area contributed by atoms with Crippen LogP contribution >= 0.6 is 15.9 Å². The fourth-order valence-corrected chi connectivity index (χ4v) is 3.84. The van der Waals surface area contributed by atoms with Gasteiger partial charge in [-0.2, -0.15) is 0 Å². The van der Waals surface area contributed by atoms with Crippen LogP contribution in [0.2, 0.25) is 0 Å². The number of halogens is 1. The van der Waals surface area contributed by atoms with Gasteiger partial charge in [0.25, 0.3) is 5.56 Å². The van der Waals surface area contributed by atoms with Crippen molar-refractivity contribution in [2.75, 3.05) is 11.4 Å². The molecule has 0 amide bonds. The van der Waals surface area contributed by atoms with E-state index in [4.69, 9.17) is 0 Å². The van der Waals surface area contributed by atoms with Crippen molar-refractivity contribution in [3.8, 4) is 0 Å². The van der Waals surface area contributed by atoms with E-state index < -0.39 is 0 Å². The molecule has 138 valence electrons. The van der Waals surface area contributed by atoms with Crippen LogP contribution in [-0.2, 0) is 26.4 Å². The number of nitrogens with zero attached hydrogens (tertiary/aromatic N) is 2. The standard InChI is InChI=1S/C21H20BrN3O2/c1-24-20(26)18(12-14-6-8-17(22)9-7-14)19(23-21(24)27)25-11-10-15-4-2-3-5-16(15)13-25/h2-9H,10-13H2,1H3,(H,23,27). The Morgan fingerprint density at radius 3 is 2.48 bits per heavy atom. The quantitative estimate of drug-likeness (QED) is 0.701. The summed E-state index contributed by atoms with van der Waals surface area (Å²) in [4.78, 5) is 30.2. The van der Waals surface area contributed by atoms with Crippen molar-refractivity contribution in [3.63, 3.8) is 0 Å². The summed E-state index contributed by atoms with van der Waals surface area (Å²) in [5.41, 5.74) is 3.60. The maximum Gasteiger partial charge on any atom is 0.329 e. The third kappa shape index (κ3) is 3.49. The summed E-state index contributed by atoms with van der Waals surface area (Å²) in [7, 11) is 1.52. The van der Waals surface area contributed by atoms with Crippen molar-refractivity contribution in [1.82, 2.24) is 9.55 Å². The Bertz CT molecular complexity index is 1100. The second-order valence-corrected chi connectivity index (χ2v) is 7.78. The van der Waals surface area contributed by atoms with Crippen LogP contribution in [0.25, 0.3) is 0 Å². The average molecular weight is 426 g/mol. The van der Waals surface area contributed by atoms with E-state index in [2.05, 4.69) is 37.9 Å². The maximum absolute atomic E-state index is 12.9. The Morgan fingerprint density at radius 2 is 1.74 bits per heavy atom. The van der Waals surface area contributed by atoms with Crippen LogP contribution in [0.15, 0.2) is 62.6 Å². The summed E-state index contributed by atoms with van der Waals surface area (Å²) >= 11 is 3.44. The van der Waals surface area contributed by atoms with Crippen LogP contribution < -0.4 is 16.1 Å². The Balaban J connectivity index is 1.77. The molecule has 1 N–H and O–H groups in total. The highest BCUT2D eigenvalue weighted by Gasteiger charge is 2.22. The topological polar surface area (TPSA) is 58.1 Å². The molecular weight excluding hydrogens is 406 g/mol. The summed E-state index contributed by atoms with van der Waals surface area (Å²) in [5, 5.41) is 0. The number of H-pyrrole nitrogens is 1. The fraction of sp³-hybridized carbons (Fsp3) is 0.238. The number of rotatable bonds is 3. The molecule has 1 aliphatic heterocycles. The van der Waals surface area contributed by atoms with Crippen LogP contribution in [0.4, 0.5) is 5.82 Å². The molecule has 0 spiro atoms. The van der Waals surface area contributed by atoms with Crippen LogP contribution in [-0.4, -0.2) is 16.1 Å². The predicted octanol–water partition coefficient (Wildman–Crippen LogP) is 2.99. The second kappa shape index (κ2) is 7.19. The summed E-state index contributed by atoms with van der Waals surface area (Å²) in [6.07, 6.45) is 1.37. The third-order valence-corrected chi connectivity index (χ3v) is 5.65. The first kappa shape index (κ1) is 17.8. The number of aromatic amines is 1. The van der Waals surface area contributed by atoms with Crippen molar-refractivity contribution in [2.45, 2.75) is 19.4 Å². The van der Waals surface area contributed by atoms with Gasteiger partial charge in [-0.1, -0.05) is 52.3 Å². The number of hydrogen-bond acceptors (Lipinski definition) is 3. The van der Waals surface area contributed by atoms with Gasteiger partial charge >= 0.3 is 5.69 Å². The van der Waals surface area contributed by atoms with E-state index in [0.29, 0.717) is 24.3 Å². The fourth-order valence-electron chi connectivity index (χ4n) is 3.58. The normalized spacial score (nSPS) is 13.5. The van der Waals surface area contributed by atoms with Gasteiger partial charge in [0.2, 0.25) is 0 Å². The highest BCUT2D eigenvalue weighted by atomic mass is 79.9. The van der Waals surface area contributed by atoms with Crippen LogP contribution in [0.3, 0.4) is 0 Å². The lowest BCUT2D eigenvalue weighted by Gasteiger charge is -2.31. The SMILES string of the molecule is Cn1c(=O)[nH]c(N2CCc3ccccc3C2)c(Cc2ccc(Br)cc2)c1=O. The van der Waals surface area contributed by atoms with E-state index in [0.717, 1.165) is 27.6 Å². The summed E-state index contributed by atoms with van der Waals surface area (Å²) in [5.74, 6) is 0.639. The lowest BCUT2D eigenvalue weighted by molar-refractivity contribution is 0.688. The van der Waals surface area contributed by atoms with Crippen molar-refractivity contribution in [3.05, 3.63) is 96.1 Å². The first-order valence-corrected chi connectivity index (χ1v) is 9.70. The van der Waals surface area contributed by atoms with E-state index in [1.165, 1.54) is 18.2 Å². The highest BCUT2D eigenvalue weighted by Crippen LogP contribution is 2.25. The molecule has 6 heteroatoms. The summed E-state index contributed by atoms with van der Waals surface area (Å²) < 4.78 is 2.14. The molecular formula is C21H20BrN3O2. The monoisotopic (exact) mass is 425 g/mol. The molecule has 0 saturated heterocycles. The Hall–Kier alpha value is -2.60. The summed E-state index contributed by atoms with van der Waals surface area (Å²) in [6, 6.07) is 16.2. The third-order valence-electron chi connectivity index (χ3n) is 5.12. The molecule has 27 heavy (non-hydrogen) atoms. The molecule has 0 saturated carbocycles. The van der Waals surface area contributed by atoms with Gasteiger partial charge in [-0.05, 0) is 35.2 Å². The Morgan fingerprint density at radius 1 is 1.04 bits per heavy atom. The zero-order chi connectivity index (χ0) is 19.0. The number of hydrogen-bond donors (Lipinski definition) is 1. The van der Waals surface area contributed by atoms with Crippen molar-refractivity contribution >= 4 is 21.7 Å². The molecule has 0 radical (unpaired) electrons. The minimum Gasteiger partial charge on any atom is -0.353 e. The zero-order valence-corrected chi connectivity index (χ0v) is 16.6. The van der Waals surface area contributed by atoms with Gasteiger partial charge in [-0.15, -0.1) is 0 Å². The van der Waals surface area contributed by atoms with Gasteiger partial charge in [0, 0.05) is 31.0 Å². The molecule has 0 atom stereocenters. The first-order chi connectivity index (χ1) is 13.0. The van der Waals surface area contributed by atoms with Crippen molar-refractivity contribution < 1.29 is 0 Å². The van der Waals surface area contributed by atoms with Gasteiger partial charge in [0.15, 0.2) is 0 Å². The average Bonchev–Trinajstić information content (AvgIpc) is 2.69.